The van der Waals surface area contributed by atoms with Gasteiger partial charge in [0, 0.05) is 25.2 Å². The van der Waals surface area contributed by atoms with Crippen molar-refractivity contribution in [2.24, 2.45) is 0 Å². The Bertz CT molecular complexity index is 499. The zero-order chi connectivity index (χ0) is 16.1. The Labute approximate surface area is 137 Å². The Morgan fingerprint density at radius 2 is 1.91 bits per heavy atom. The maximum atomic E-state index is 12.2. The Morgan fingerprint density at radius 1 is 1.27 bits per heavy atom. The molecular weight excluding hydrogens is 300 g/mol. The number of likely N-dealkylation sites (tertiary alicyclic amines) is 1. The van der Waals surface area contributed by atoms with Gasteiger partial charge in [0.2, 0.25) is 0 Å². The standard InChI is InChI=1S/C17H25ClN2O2/c1-12(2)20-10-8-14(9-11-20)19-17(21)13(3)22-16-7-5-4-6-15(16)18/h4-7,12-14H,8-11H2,1-3H3,(H,19,21)/t13-/m1/s1. The summed E-state index contributed by atoms with van der Waals surface area (Å²) >= 11 is 6.05. The number of rotatable bonds is 5. The summed E-state index contributed by atoms with van der Waals surface area (Å²) in [6.45, 7) is 8.23. The summed E-state index contributed by atoms with van der Waals surface area (Å²) in [5, 5.41) is 3.60. The van der Waals surface area contributed by atoms with Crippen LogP contribution >= 0.6 is 11.6 Å². The van der Waals surface area contributed by atoms with Crippen LogP contribution in [0.1, 0.15) is 33.6 Å². The smallest absolute Gasteiger partial charge is 0.260 e. The SMILES string of the molecule is CC(C)N1CCC(NC(=O)[C@@H](C)Oc2ccccc2Cl)CC1. The summed E-state index contributed by atoms with van der Waals surface area (Å²) in [7, 11) is 0. The first kappa shape index (κ1) is 17.1. The van der Waals surface area contributed by atoms with Crippen LogP contribution in [0.2, 0.25) is 5.02 Å². The number of amides is 1. The number of nitrogens with one attached hydrogen (secondary N) is 1. The van der Waals surface area contributed by atoms with Gasteiger partial charge < -0.3 is 15.0 Å². The lowest BCUT2D eigenvalue weighted by molar-refractivity contribution is -0.128. The van der Waals surface area contributed by atoms with E-state index >= 15 is 0 Å². The minimum absolute atomic E-state index is 0.0806. The highest BCUT2D eigenvalue weighted by Crippen LogP contribution is 2.24. The second-order valence-corrected chi connectivity index (χ2v) is 6.51. The number of hydrogen-bond acceptors (Lipinski definition) is 3. The second-order valence-electron chi connectivity index (χ2n) is 6.10. The van der Waals surface area contributed by atoms with Crippen molar-refractivity contribution in [1.82, 2.24) is 10.2 Å². The highest BCUT2D eigenvalue weighted by atomic mass is 35.5. The van der Waals surface area contributed by atoms with Crippen molar-refractivity contribution in [2.75, 3.05) is 13.1 Å². The molecule has 0 spiro atoms. The van der Waals surface area contributed by atoms with Gasteiger partial charge in [-0.2, -0.15) is 0 Å². The predicted molar refractivity (Wildman–Crippen MR) is 89.4 cm³/mol. The molecule has 122 valence electrons. The minimum Gasteiger partial charge on any atom is -0.479 e. The molecule has 1 aromatic carbocycles. The highest BCUT2D eigenvalue weighted by Gasteiger charge is 2.24. The topological polar surface area (TPSA) is 41.6 Å². The molecule has 5 heteroatoms. The van der Waals surface area contributed by atoms with Gasteiger partial charge in [0.05, 0.1) is 5.02 Å². The normalized spacial score (nSPS) is 18.2. The molecule has 1 aromatic rings. The van der Waals surface area contributed by atoms with E-state index in [1.807, 2.05) is 12.1 Å². The van der Waals surface area contributed by atoms with Gasteiger partial charge in [-0.1, -0.05) is 23.7 Å². The molecule has 22 heavy (non-hydrogen) atoms. The van der Waals surface area contributed by atoms with Gasteiger partial charge in [-0.05, 0) is 45.7 Å². The van der Waals surface area contributed by atoms with E-state index in [-0.39, 0.29) is 11.9 Å². The predicted octanol–water partition coefficient (Wildman–Crippen LogP) is 3.10. The average Bonchev–Trinajstić information content (AvgIpc) is 2.50. The van der Waals surface area contributed by atoms with Crippen molar-refractivity contribution in [3.8, 4) is 5.75 Å². The average molecular weight is 325 g/mol. The number of halogens is 1. The van der Waals surface area contributed by atoms with Crippen molar-refractivity contribution in [3.63, 3.8) is 0 Å². The zero-order valence-electron chi connectivity index (χ0n) is 13.5. The van der Waals surface area contributed by atoms with E-state index in [1.54, 1.807) is 19.1 Å². The minimum atomic E-state index is -0.553. The number of ether oxygens (including phenoxy) is 1. The van der Waals surface area contributed by atoms with Gasteiger partial charge in [-0.25, -0.2) is 0 Å². The third-order valence-corrected chi connectivity index (χ3v) is 4.43. The maximum Gasteiger partial charge on any atom is 0.260 e. The van der Waals surface area contributed by atoms with Crippen molar-refractivity contribution in [1.29, 1.82) is 0 Å². The summed E-state index contributed by atoms with van der Waals surface area (Å²) in [5.74, 6) is 0.462. The fraction of sp³-hybridized carbons (Fsp3) is 0.588. The van der Waals surface area contributed by atoms with Crippen LogP contribution in [-0.2, 0) is 4.79 Å². The molecule has 1 N–H and O–H groups in total. The molecular formula is C17H25ClN2O2. The van der Waals surface area contributed by atoms with E-state index in [2.05, 4.69) is 24.1 Å². The molecule has 0 saturated carbocycles. The van der Waals surface area contributed by atoms with Gasteiger partial charge in [-0.3, -0.25) is 4.79 Å². The molecule has 1 aliphatic heterocycles. The summed E-state index contributed by atoms with van der Waals surface area (Å²) in [5.41, 5.74) is 0. The lowest BCUT2D eigenvalue weighted by atomic mass is 10.0. The number of carbonyl (C=O) groups excluding carboxylic acids is 1. The molecule has 0 unspecified atom stereocenters. The second kappa shape index (κ2) is 7.84. The number of hydrogen-bond donors (Lipinski definition) is 1. The van der Waals surface area contributed by atoms with Crippen LogP contribution in [0.25, 0.3) is 0 Å². The van der Waals surface area contributed by atoms with Crippen LogP contribution in [0.4, 0.5) is 0 Å². The van der Waals surface area contributed by atoms with Gasteiger partial charge in [-0.15, -0.1) is 0 Å². The molecule has 0 aromatic heterocycles. The first-order valence-electron chi connectivity index (χ1n) is 7.93. The number of piperidine rings is 1. The molecule has 1 aliphatic rings. The van der Waals surface area contributed by atoms with Crippen LogP contribution in [0.15, 0.2) is 24.3 Å². The van der Waals surface area contributed by atoms with E-state index in [4.69, 9.17) is 16.3 Å². The summed E-state index contributed by atoms with van der Waals surface area (Å²) in [4.78, 5) is 14.7. The fourth-order valence-corrected chi connectivity index (χ4v) is 2.84. The summed E-state index contributed by atoms with van der Waals surface area (Å²) < 4.78 is 5.65. The van der Waals surface area contributed by atoms with Crippen LogP contribution in [-0.4, -0.2) is 42.1 Å². The Kier molecular flexibility index (Phi) is 6.09. The maximum absolute atomic E-state index is 12.2. The lowest BCUT2D eigenvalue weighted by Gasteiger charge is -2.35. The molecule has 0 aliphatic carbocycles. The van der Waals surface area contributed by atoms with Crippen molar-refractivity contribution in [2.45, 2.75) is 51.8 Å². The zero-order valence-corrected chi connectivity index (χ0v) is 14.3. The van der Waals surface area contributed by atoms with Crippen LogP contribution in [0.5, 0.6) is 5.75 Å². The fourth-order valence-electron chi connectivity index (χ4n) is 2.66. The molecule has 1 heterocycles. The van der Waals surface area contributed by atoms with Crippen molar-refractivity contribution < 1.29 is 9.53 Å². The molecule has 1 atom stereocenters. The van der Waals surface area contributed by atoms with Gasteiger partial charge in [0.15, 0.2) is 6.10 Å². The Morgan fingerprint density at radius 3 is 2.50 bits per heavy atom. The number of nitrogens with zero attached hydrogens (tertiary/aromatic N) is 1. The quantitative estimate of drug-likeness (QED) is 0.905. The number of para-hydroxylation sites is 1. The number of carbonyl (C=O) groups is 1. The van der Waals surface area contributed by atoms with Crippen molar-refractivity contribution in [3.05, 3.63) is 29.3 Å². The van der Waals surface area contributed by atoms with Gasteiger partial charge in [0.25, 0.3) is 5.91 Å². The number of benzene rings is 1. The molecule has 2 rings (SSSR count). The van der Waals surface area contributed by atoms with Crippen LogP contribution < -0.4 is 10.1 Å². The monoisotopic (exact) mass is 324 g/mol. The first-order valence-corrected chi connectivity index (χ1v) is 8.30. The van der Waals surface area contributed by atoms with Crippen LogP contribution in [0, 0.1) is 0 Å². The Balaban J connectivity index is 1.81. The van der Waals surface area contributed by atoms with E-state index in [1.165, 1.54) is 0 Å². The van der Waals surface area contributed by atoms with Gasteiger partial charge >= 0.3 is 0 Å². The van der Waals surface area contributed by atoms with E-state index in [0.29, 0.717) is 16.8 Å². The Hall–Kier alpha value is -1.26. The molecule has 4 nitrogen and oxygen atoms in total. The molecule has 0 bridgehead atoms. The van der Waals surface area contributed by atoms with Gasteiger partial charge in [0.1, 0.15) is 5.75 Å². The first-order chi connectivity index (χ1) is 10.5. The molecule has 1 fully saturated rings. The molecule has 0 radical (unpaired) electrons. The van der Waals surface area contributed by atoms with E-state index in [9.17, 15) is 4.79 Å². The third kappa shape index (κ3) is 4.62. The lowest BCUT2D eigenvalue weighted by Crippen LogP contribution is -2.49. The van der Waals surface area contributed by atoms with E-state index in [0.717, 1.165) is 25.9 Å². The summed E-state index contributed by atoms with van der Waals surface area (Å²) in [6.07, 6.45) is 1.42. The third-order valence-electron chi connectivity index (χ3n) is 4.12. The summed E-state index contributed by atoms with van der Waals surface area (Å²) in [6, 6.07) is 8.01. The van der Waals surface area contributed by atoms with Crippen molar-refractivity contribution >= 4 is 17.5 Å². The molecule has 1 saturated heterocycles. The molecule has 1 amide bonds. The largest absolute Gasteiger partial charge is 0.479 e. The highest BCUT2D eigenvalue weighted by molar-refractivity contribution is 6.32. The van der Waals surface area contributed by atoms with E-state index < -0.39 is 6.10 Å². The van der Waals surface area contributed by atoms with Crippen LogP contribution in [0.3, 0.4) is 0 Å².